The van der Waals surface area contributed by atoms with Crippen molar-refractivity contribution in [3.63, 3.8) is 0 Å². The van der Waals surface area contributed by atoms with Crippen molar-refractivity contribution in [3.8, 4) is 17.2 Å². The molecule has 0 heterocycles. The number of ether oxygens (including phenoxy) is 3. The fraction of sp³-hybridized carbons (Fsp3) is 0.208. The number of hydrogen-bond donors (Lipinski definition) is 0. The first-order valence-corrected chi connectivity index (χ1v) is 9.34. The van der Waals surface area contributed by atoms with Crippen LogP contribution in [0.5, 0.6) is 17.2 Å². The Morgan fingerprint density at radius 1 is 0.714 bits per heavy atom. The standard InChI is InChI=1S/C24H24O4/c1-18(2)19-8-14-23(15-9-19)28-24(25)20-10-12-22(13-11-20)27-17-16-26-21-6-4-3-5-7-21/h3-15,18H,16-17H2,1-2H3. The molecule has 0 unspecified atom stereocenters. The van der Waals surface area contributed by atoms with Gasteiger partial charge in [-0.1, -0.05) is 44.2 Å². The molecule has 0 spiro atoms. The van der Waals surface area contributed by atoms with Crippen LogP contribution >= 0.6 is 0 Å². The molecule has 0 atom stereocenters. The molecule has 0 amide bonds. The summed E-state index contributed by atoms with van der Waals surface area (Å²) in [4.78, 5) is 12.3. The minimum absolute atomic E-state index is 0.392. The Morgan fingerprint density at radius 3 is 1.82 bits per heavy atom. The van der Waals surface area contributed by atoms with Gasteiger partial charge in [0.25, 0.3) is 0 Å². The van der Waals surface area contributed by atoms with Crippen molar-refractivity contribution in [2.75, 3.05) is 13.2 Å². The lowest BCUT2D eigenvalue weighted by Gasteiger charge is -2.09. The van der Waals surface area contributed by atoms with Crippen molar-refractivity contribution in [1.82, 2.24) is 0 Å². The predicted molar refractivity (Wildman–Crippen MR) is 109 cm³/mol. The Morgan fingerprint density at radius 2 is 1.25 bits per heavy atom. The molecule has 0 fully saturated rings. The minimum atomic E-state index is -0.392. The van der Waals surface area contributed by atoms with Gasteiger partial charge in [0.1, 0.15) is 30.5 Å². The molecule has 0 aliphatic heterocycles. The van der Waals surface area contributed by atoms with Crippen molar-refractivity contribution in [1.29, 1.82) is 0 Å². The van der Waals surface area contributed by atoms with Crippen LogP contribution in [-0.2, 0) is 0 Å². The van der Waals surface area contributed by atoms with E-state index in [9.17, 15) is 4.79 Å². The van der Waals surface area contributed by atoms with E-state index in [2.05, 4.69) is 13.8 Å². The second kappa shape index (κ2) is 9.60. The lowest BCUT2D eigenvalue weighted by atomic mass is 10.0. The number of para-hydroxylation sites is 1. The molecule has 0 bridgehead atoms. The van der Waals surface area contributed by atoms with Crippen molar-refractivity contribution >= 4 is 5.97 Å². The summed E-state index contributed by atoms with van der Waals surface area (Å²) < 4.78 is 16.6. The van der Waals surface area contributed by atoms with Crippen LogP contribution in [0, 0.1) is 0 Å². The van der Waals surface area contributed by atoms with Crippen LogP contribution in [0.2, 0.25) is 0 Å². The molecule has 0 aromatic heterocycles. The number of carbonyl (C=O) groups excluding carboxylic acids is 1. The molecule has 3 aromatic carbocycles. The zero-order valence-electron chi connectivity index (χ0n) is 16.1. The Bertz CT molecular complexity index is 869. The molecule has 4 heteroatoms. The molecule has 144 valence electrons. The van der Waals surface area contributed by atoms with E-state index in [1.165, 1.54) is 5.56 Å². The van der Waals surface area contributed by atoms with Gasteiger partial charge >= 0.3 is 5.97 Å². The van der Waals surface area contributed by atoms with E-state index in [1.54, 1.807) is 24.3 Å². The number of esters is 1. The molecule has 0 radical (unpaired) electrons. The zero-order chi connectivity index (χ0) is 19.8. The Balaban J connectivity index is 1.47. The van der Waals surface area contributed by atoms with E-state index < -0.39 is 5.97 Å². The summed E-state index contributed by atoms with van der Waals surface area (Å²) in [7, 11) is 0. The first-order valence-electron chi connectivity index (χ1n) is 9.34. The van der Waals surface area contributed by atoms with E-state index in [0.29, 0.717) is 36.2 Å². The molecule has 0 aliphatic rings. The van der Waals surface area contributed by atoms with Gasteiger partial charge in [0.05, 0.1) is 5.56 Å². The molecule has 0 aliphatic carbocycles. The van der Waals surface area contributed by atoms with Gasteiger partial charge in [0.2, 0.25) is 0 Å². The highest BCUT2D eigenvalue weighted by Crippen LogP contribution is 2.20. The van der Waals surface area contributed by atoms with Crippen LogP contribution < -0.4 is 14.2 Å². The molecule has 0 saturated heterocycles. The fourth-order valence-electron chi connectivity index (χ4n) is 2.61. The molecular weight excluding hydrogens is 352 g/mol. The minimum Gasteiger partial charge on any atom is -0.490 e. The van der Waals surface area contributed by atoms with E-state index in [4.69, 9.17) is 14.2 Å². The largest absolute Gasteiger partial charge is 0.490 e. The lowest BCUT2D eigenvalue weighted by Crippen LogP contribution is -2.10. The first kappa shape index (κ1) is 19.5. The lowest BCUT2D eigenvalue weighted by molar-refractivity contribution is 0.0734. The monoisotopic (exact) mass is 376 g/mol. The Labute approximate surface area is 165 Å². The normalized spacial score (nSPS) is 10.5. The number of hydrogen-bond acceptors (Lipinski definition) is 4. The summed E-state index contributed by atoms with van der Waals surface area (Å²) in [6, 6.07) is 24.1. The fourth-order valence-corrected chi connectivity index (χ4v) is 2.61. The van der Waals surface area contributed by atoms with Gasteiger partial charge in [-0.05, 0) is 60.0 Å². The van der Waals surface area contributed by atoms with Crippen LogP contribution in [0.15, 0.2) is 78.9 Å². The van der Waals surface area contributed by atoms with Crippen molar-refractivity contribution in [2.24, 2.45) is 0 Å². The van der Waals surface area contributed by atoms with Gasteiger partial charge in [-0.25, -0.2) is 4.79 Å². The molecule has 3 rings (SSSR count). The van der Waals surface area contributed by atoms with E-state index in [1.807, 2.05) is 54.6 Å². The summed E-state index contributed by atoms with van der Waals surface area (Å²) in [5.41, 5.74) is 1.68. The van der Waals surface area contributed by atoms with E-state index in [0.717, 1.165) is 5.75 Å². The third kappa shape index (κ3) is 5.61. The SMILES string of the molecule is CC(C)c1ccc(OC(=O)c2ccc(OCCOc3ccccc3)cc2)cc1. The van der Waals surface area contributed by atoms with Crippen LogP contribution in [0.1, 0.15) is 35.7 Å². The highest BCUT2D eigenvalue weighted by molar-refractivity contribution is 5.91. The summed E-state index contributed by atoms with van der Waals surface area (Å²) in [6.07, 6.45) is 0. The molecular formula is C24H24O4. The highest BCUT2D eigenvalue weighted by atomic mass is 16.5. The average molecular weight is 376 g/mol. The molecule has 28 heavy (non-hydrogen) atoms. The highest BCUT2D eigenvalue weighted by Gasteiger charge is 2.09. The van der Waals surface area contributed by atoms with Crippen LogP contribution in [0.3, 0.4) is 0 Å². The average Bonchev–Trinajstić information content (AvgIpc) is 2.73. The van der Waals surface area contributed by atoms with Crippen molar-refractivity contribution in [3.05, 3.63) is 90.0 Å². The van der Waals surface area contributed by atoms with Gasteiger partial charge in [-0.3, -0.25) is 0 Å². The number of benzene rings is 3. The Hall–Kier alpha value is -3.27. The molecule has 3 aromatic rings. The third-order valence-electron chi connectivity index (χ3n) is 4.21. The van der Waals surface area contributed by atoms with E-state index in [-0.39, 0.29) is 0 Å². The van der Waals surface area contributed by atoms with Gasteiger partial charge in [-0.2, -0.15) is 0 Å². The number of rotatable bonds is 8. The molecule has 0 saturated carbocycles. The second-order valence-electron chi connectivity index (χ2n) is 6.65. The van der Waals surface area contributed by atoms with Gasteiger partial charge < -0.3 is 14.2 Å². The quantitative estimate of drug-likeness (QED) is 0.296. The van der Waals surface area contributed by atoms with Gasteiger partial charge in [-0.15, -0.1) is 0 Å². The van der Waals surface area contributed by atoms with Gasteiger partial charge in [0, 0.05) is 0 Å². The summed E-state index contributed by atoms with van der Waals surface area (Å²) in [5, 5.41) is 0. The maximum atomic E-state index is 12.3. The first-order chi connectivity index (χ1) is 13.6. The topological polar surface area (TPSA) is 44.8 Å². The smallest absolute Gasteiger partial charge is 0.343 e. The summed E-state index contributed by atoms with van der Waals surface area (Å²) >= 11 is 0. The van der Waals surface area contributed by atoms with E-state index >= 15 is 0 Å². The van der Waals surface area contributed by atoms with Crippen molar-refractivity contribution in [2.45, 2.75) is 19.8 Å². The zero-order valence-corrected chi connectivity index (χ0v) is 16.1. The third-order valence-corrected chi connectivity index (χ3v) is 4.21. The van der Waals surface area contributed by atoms with Crippen molar-refractivity contribution < 1.29 is 19.0 Å². The maximum absolute atomic E-state index is 12.3. The van der Waals surface area contributed by atoms with Crippen LogP contribution in [0.25, 0.3) is 0 Å². The summed E-state index contributed by atoms with van der Waals surface area (Å²) in [6.45, 7) is 5.11. The van der Waals surface area contributed by atoms with Crippen LogP contribution in [-0.4, -0.2) is 19.2 Å². The molecule has 0 N–H and O–H groups in total. The maximum Gasteiger partial charge on any atom is 0.343 e. The van der Waals surface area contributed by atoms with Crippen LogP contribution in [0.4, 0.5) is 0 Å². The number of carbonyl (C=O) groups is 1. The Kier molecular flexibility index (Phi) is 6.68. The predicted octanol–water partition coefficient (Wildman–Crippen LogP) is 5.49. The second-order valence-corrected chi connectivity index (χ2v) is 6.65. The molecule has 4 nitrogen and oxygen atoms in total. The van der Waals surface area contributed by atoms with Gasteiger partial charge in [0.15, 0.2) is 0 Å². The summed E-state index contributed by atoms with van der Waals surface area (Å²) in [5.74, 6) is 2.07.